The number of ether oxygens (including phenoxy) is 2. The van der Waals surface area contributed by atoms with Crippen LogP contribution in [0, 0.1) is 6.92 Å². The van der Waals surface area contributed by atoms with Crippen molar-refractivity contribution in [2.75, 3.05) is 18.5 Å². The van der Waals surface area contributed by atoms with Crippen molar-refractivity contribution in [3.63, 3.8) is 0 Å². The van der Waals surface area contributed by atoms with E-state index in [4.69, 9.17) is 13.9 Å². The van der Waals surface area contributed by atoms with Crippen LogP contribution in [0.3, 0.4) is 0 Å². The number of fused-ring (bicyclic) bond motifs is 1. The summed E-state index contributed by atoms with van der Waals surface area (Å²) in [5.41, 5.74) is 2.73. The Balaban J connectivity index is 1.58. The van der Waals surface area contributed by atoms with Crippen LogP contribution in [0.1, 0.15) is 34.6 Å². The number of thiophene rings is 1. The highest BCUT2D eigenvalue weighted by molar-refractivity contribution is 7.17. The Labute approximate surface area is 206 Å². The van der Waals surface area contributed by atoms with Crippen molar-refractivity contribution in [2.45, 2.75) is 27.2 Å². The van der Waals surface area contributed by atoms with Crippen molar-refractivity contribution < 1.29 is 23.5 Å². The second-order valence-electron chi connectivity index (χ2n) is 7.79. The summed E-state index contributed by atoms with van der Waals surface area (Å²) in [6, 6.07) is 16.1. The summed E-state index contributed by atoms with van der Waals surface area (Å²) in [6.45, 7) is 5.50. The van der Waals surface area contributed by atoms with Gasteiger partial charge in [0.25, 0.3) is 5.91 Å². The highest BCUT2D eigenvalue weighted by Gasteiger charge is 2.26. The van der Waals surface area contributed by atoms with Crippen LogP contribution >= 0.6 is 11.3 Å². The maximum absolute atomic E-state index is 12.9. The predicted octanol–water partition coefficient (Wildman–Crippen LogP) is 5.59. The predicted molar refractivity (Wildman–Crippen MR) is 136 cm³/mol. The Hall–Kier alpha value is -3.91. The van der Waals surface area contributed by atoms with Gasteiger partial charge in [-0.25, -0.2) is 9.59 Å². The van der Waals surface area contributed by atoms with Crippen molar-refractivity contribution in [3.8, 4) is 16.9 Å². The maximum atomic E-state index is 12.9. The Bertz CT molecular complexity index is 1440. The van der Waals surface area contributed by atoms with Gasteiger partial charge in [-0.1, -0.05) is 37.3 Å². The van der Waals surface area contributed by atoms with E-state index < -0.39 is 17.5 Å². The second kappa shape index (κ2) is 10.6. The lowest BCUT2D eigenvalue weighted by Gasteiger charge is -2.10. The van der Waals surface area contributed by atoms with Crippen LogP contribution < -0.4 is 15.7 Å². The zero-order chi connectivity index (χ0) is 24.9. The lowest BCUT2D eigenvalue weighted by molar-refractivity contribution is -0.118. The number of anilines is 1. The molecule has 0 saturated carbocycles. The topological polar surface area (TPSA) is 94.8 Å². The molecule has 0 radical (unpaired) electrons. The van der Waals surface area contributed by atoms with Crippen molar-refractivity contribution >= 4 is 39.2 Å². The van der Waals surface area contributed by atoms with Gasteiger partial charge in [0, 0.05) is 28.0 Å². The van der Waals surface area contributed by atoms with Crippen LogP contribution in [0.15, 0.2) is 63.8 Å². The number of nitrogens with one attached hydrogen (secondary N) is 1. The minimum atomic E-state index is -0.488. The number of carbonyl (C=O) groups is 2. The Morgan fingerprint density at radius 2 is 1.83 bits per heavy atom. The molecule has 2 aromatic carbocycles. The molecule has 2 aromatic heterocycles. The first kappa shape index (κ1) is 24.2. The van der Waals surface area contributed by atoms with Crippen LogP contribution in [-0.4, -0.2) is 25.1 Å². The van der Waals surface area contributed by atoms with Crippen LogP contribution in [0.5, 0.6) is 5.75 Å². The van der Waals surface area contributed by atoms with E-state index in [-0.39, 0.29) is 13.2 Å². The largest absolute Gasteiger partial charge is 0.484 e. The second-order valence-corrected chi connectivity index (χ2v) is 8.89. The summed E-state index contributed by atoms with van der Waals surface area (Å²) in [5.74, 6) is -0.527. The molecule has 2 heterocycles. The summed E-state index contributed by atoms with van der Waals surface area (Å²) in [6.07, 6.45) is 0.690. The number of amides is 1. The number of carbonyl (C=O) groups excluding carboxylic acids is 2. The minimum Gasteiger partial charge on any atom is -0.484 e. The number of hydrogen-bond acceptors (Lipinski definition) is 7. The Kier molecular flexibility index (Phi) is 7.31. The number of hydrogen-bond donors (Lipinski definition) is 1. The van der Waals surface area contributed by atoms with Crippen molar-refractivity contribution in [1.29, 1.82) is 0 Å². The molecule has 8 heteroatoms. The molecular formula is C27H25NO6S. The van der Waals surface area contributed by atoms with E-state index in [0.717, 1.165) is 27.0 Å². The van der Waals surface area contributed by atoms with Crippen LogP contribution in [0.4, 0.5) is 5.00 Å². The molecule has 0 aliphatic carbocycles. The average Bonchev–Trinajstić information content (AvgIpc) is 3.21. The van der Waals surface area contributed by atoms with E-state index in [1.807, 2.05) is 44.2 Å². The third-order valence-electron chi connectivity index (χ3n) is 5.39. The molecule has 1 amide bonds. The molecule has 1 N–H and O–H groups in total. The molecule has 180 valence electrons. The van der Waals surface area contributed by atoms with Gasteiger partial charge in [0.05, 0.1) is 6.61 Å². The highest BCUT2D eigenvalue weighted by Crippen LogP contribution is 2.41. The molecule has 7 nitrogen and oxygen atoms in total. The smallest absolute Gasteiger partial charge is 0.341 e. The number of benzene rings is 2. The number of aryl methyl sites for hydroxylation is 2. The molecule has 0 bridgehead atoms. The Morgan fingerprint density at radius 1 is 1.06 bits per heavy atom. The first-order chi connectivity index (χ1) is 16.9. The first-order valence-electron chi connectivity index (χ1n) is 11.3. The molecule has 0 aliphatic heterocycles. The van der Waals surface area contributed by atoms with Gasteiger partial charge in [-0.15, -0.1) is 11.3 Å². The lowest BCUT2D eigenvalue weighted by Crippen LogP contribution is -2.21. The normalized spacial score (nSPS) is 10.8. The fourth-order valence-corrected chi connectivity index (χ4v) is 4.99. The molecule has 0 atom stereocenters. The van der Waals surface area contributed by atoms with Crippen molar-refractivity contribution in [2.24, 2.45) is 0 Å². The van der Waals surface area contributed by atoms with Crippen molar-refractivity contribution in [1.82, 2.24) is 0 Å². The summed E-state index contributed by atoms with van der Waals surface area (Å²) >= 11 is 1.35. The van der Waals surface area contributed by atoms with Crippen LogP contribution in [-0.2, 0) is 16.0 Å². The van der Waals surface area contributed by atoms with E-state index in [9.17, 15) is 14.4 Å². The molecule has 0 aliphatic rings. The molecule has 4 rings (SSSR count). The molecule has 35 heavy (non-hydrogen) atoms. The standard InChI is InChI=1S/C27H25NO6S/c1-4-21-24(17-9-7-6-8-10-17)25(27(31)32-5-2)26(35-21)28-22(29)15-33-18-11-12-19-16(3)13-23(30)34-20(19)14-18/h6-14H,4-5,15H2,1-3H3,(H,28,29). The van der Waals surface area contributed by atoms with Gasteiger partial charge in [-0.05, 0) is 43.5 Å². The minimum absolute atomic E-state index is 0.221. The lowest BCUT2D eigenvalue weighted by atomic mass is 10.00. The van der Waals surface area contributed by atoms with Gasteiger partial charge in [0.1, 0.15) is 21.9 Å². The van der Waals surface area contributed by atoms with E-state index in [2.05, 4.69) is 5.32 Å². The summed E-state index contributed by atoms with van der Waals surface area (Å²) in [5, 5.41) is 4.04. The number of rotatable bonds is 8. The zero-order valence-electron chi connectivity index (χ0n) is 19.7. The van der Waals surface area contributed by atoms with Gasteiger partial charge in [0.15, 0.2) is 6.61 Å². The molecule has 4 aromatic rings. The highest BCUT2D eigenvalue weighted by atomic mass is 32.1. The van der Waals surface area contributed by atoms with E-state index in [1.54, 1.807) is 25.1 Å². The fraction of sp³-hybridized carbons (Fsp3) is 0.222. The summed E-state index contributed by atoms with van der Waals surface area (Å²) < 4.78 is 16.2. The van der Waals surface area contributed by atoms with Gasteiger partial charge < -0.3 is 19.2 Å². The maximum Gasteiger partial charge on any atom is 0.341 e. The van der Waals surface area contributed by atoms with Gasteiger partial charge in [-0.2, -0.15) is 0 Å². The third kappa shape index (κ3) is 5.27. The Morgan fingerprint density at radius 3 is 2.54 bits per heavy atom. The van der Waals surface area contributed by atoms with Crippen LogP contribution in [0.25, 0.3) is 22.1 Å². The van der Waals surface area contributed by atoms with Gasteiger partial charge >= 0.3 is 11.6 Å². The van der Waals surface area contributed by atoms with Gasteiger partial charge in [-0.3, -0.25) is 4.79 Å². The third-order valence-corrected chi connectivity index (χ3v) is 6.64. The molecule has 0 fully saturated rings. The molecular weight excluding hydrogens is 466 g/mol. The van der Waals surface area contributed by atoms with Gasteiger partial charge in [0.2, 0.25) is 0 Å². The fourth-order valence-electron chi connectivity index (χ4n) is 3.83. The molecule has 0 unspecified atom stereocenters. The summed E-state index contributed by atoms with van der Waals surface area (Å²) in [4.78, 5) is 38.3. The quantitative estimate of drug-likeness (QED) is 0.255. The first-order valence-corrected chi connectivity index (χ1v) is 12.1. The average molecular weight is 492 g/mol. The number of esters is 1. The molecule has 0 spiro atoms. The molecule has 0 saturated heterocycles. The van der Waals surface area contributed by atoms with Crippen LogP contribution in [0.2, 0.25) is 0 Å². The SMILES string of the molecule is CCOC(=O)c1c(NC(=O)COc2ccc3c(C)cc(=O)oc3c2)sc(CC)c1-c1ccccc1. The summed E-state index contributed by atoms with van der Waals surface area (Å²) in [7, 11) is 0. The van der Waals surface area contributed by atoms with E-state index in [0.29, 0.717) is 28.3 Å². The zero-order valence-corrected chi connectivity index (χ0v) is 20.5. The monoisotopic (exact) mass is 491 g/mol. The van der Waals surface area contributed by atoms with E-state index >= 15 is 0 Å². The van der Waals surface area contributed by atoms with E-state index in [1.165, 1.54) is 17.4 Å². The van der Waals surface area contributed by atoms with Crippen molar-refractivity contribution in [3.05, 3.63) is 81.0 Å².